The van der Waals surface area contributed by atoms with Gasteiger partial charge in [-0.05, 0) is 71.7 Å². The van der Waals surface area contributed by atoms with Gasteiger partial charge in [0.25, 0.3) is 0 Å². The zero-order valence-corrected chi connectivity index (χ0v) is 20.6. The van der Waals surface area contributed by atoms with Gasteiger partial charge in [-0.25, -0.2) is 0 Å². The van der Waals surface area contributed by atoms with Crippen molar-refractivity contribution in [3.05, 3.63) is 83.2 Å². The highest BCUT2D eigenvalue weighted by atomic mass is 16.5. The third kappa shape index (κ3) is 5.37. The summed E-state index contributed by atoms with van der Waals surface area (Å²) in [7, 11) is 0. The van der Waals surface area contributed by atoms with Gasteiger partial charge >= 0.3 is 0 Å². The molecular weight excluding hydrogens is 436 g/mol. The van der Waals surface area contributed by atoms with Gasteiger partial charge in [-0.2, -0.15) is 0 Å². The summed E-state index contributed by atoms with van der Waals surface area (Å²) in [5.41, 5.74) is 5.36. The number of aromatic nitrogens is 1. The van der Waals surface area contributed by atoms with Gasteiger partial charge in [0.1, 0.15) is 23.0 Å². The quantitative estimate of drug-likeness (QED) is 0.535. The highest BCUT2D eigenvalue weighted by Gasteiger charge is 2.25. The number of aryl methyl sites for hydroxylation is 1. The van der Waals surface area contributed by atoms with E-state index in [9.17, 15) is 4.79 Å². The number of fused-ring (bicyclic) bond motifs is 1. The Balaban J connectivity index is 1.27. The van der Waals surface area contributed by atoms with E-state index < -0.39 is 0 Å². The van der Waals surface area contributed by atoms with Crippen LogP contribution in [0.5, 0.6) is 11.5 Å². The average Bonchev–Trinajstić information content (AvgIpc) is 3.39. The van der Waals surface area contributed by atoms with Gasteiger partial charge in [0.2, 0.25) is 5.91 Å². The Labute approximate surface area is 206 Å². The molecule has 1 amide bonds. The van der Waals surface area contributed by atoms with Crippen molar-refractivity contribution in [1.82, 2.24) is 10.3 Å². The van der Waals surface area contributed by atoms with E-state index in [-0.39, 0.29) is 17.2 Å². The minimum atomic E-state index is -0.0602. The first-order chi connectivity index (χ1) is 16.8. The fraction of sp³-hybridized carbons (Fsp3) is 0.345. The highest BCUT2D eigenvalue weighted by molar-refractivity contribution is 5.98. The third-order valence-corrected chi connectivity index (χ3v) is 6.66. The highest BCUT2D eigenvalue weighted by Crippen LogP contribution is 2.32. The van der Waals surface area contributed by atoms with Crippen molar-refractivity contribution in [3.63, 3.8) is 0 Å². The molecule has 35 heavy (non-hydrogen) atoms. The summed E-state index contributed by atoms with van der Waals surface area (Å²) in [6, 6.07) is 18.1. The fourth-order valence-corrected chi connectivity index (χ4v) is 4.64. The van der Waals surface area contributed by atoms with Crippen molar-refractivity contribution in [1.29, 1.82) is 0 Å². The molecule has 0 spiro atoms. The first-order valence-corrected chi connectivity index (χ1v) is 12.3. The van der Waals surface area contributed by atoms with Crippen LogP contribution in [0.4, 0.5) is 5.69 Å². The van der Waals surface area contributed by atoms with Crippen molar-refractivity contribution in [2.75, 3.05) is 18.4 Å². The van der Waals surface area contributed by atoms with E-state index >= 15 is 0 Å². The summed E-state index contributed by atoms with van der Waals surface area (Å²) in [5.74, 6) is 2.31. The van der Waals surface area contributed by atoms with Crippen LogP contribution in [0.2, 0.25) is 0 Å². The Morgan fingerprint density at radius 2 is 1.91 bits per heavy atom. The number of aliphatic imine (C=N–C) groups is 1. The van der Waals surface area contributed by atoms with Crippen LogP contribution in [0.15, 0.2) is 65.8 Å². The zero-order valence-electron chi connectivity index (χ0n) is 20.6. The first-order valence-electron chi connectivity index (χ1n) is 12.3. The van der Waals surface area contributed by atoms with E-state index in [0.29, 0.717) is 6.42 Å². The molecule has 0 radical (unpaired) electrons. The topological polar surface area (TPSA) is 75.6 Å². The number of amidine groups is 1. The predicted octanol–water partition coefficient (Wildman–Crippen LogP) is 5.26. The van der Waals surface area contributed by atoms with Crippen molar-refractivity contribution < 1.29 is 9.53 Å². The van der Waals surface area contributed by atoms with Crippen molar-refractivity contribution in [2.24, 2.45) is 10.9 Å². The summed E-state index contributed by atoms with van der Waals surface area (Å²) in [6.07, 6.45) is 4.18. The van der Waals surface area contributed by atoms with Crippen LogP contribution in [-0.2, 0) is 23.1 Å². The Kier molecular flexibility index (Phi) is 6.29. The van der Waals surface area contributed by atoms with Gasteiger partial charge in [-0.15, -0.1) is 0 Å². The maximum atomic E-state index is 13.1. The van der Waals surface area contributed by atoms with Gasteiger partial charge < -0.3 is 15.4 Å². The molecule has 2 aliphatic rings. The number of nitrogens with one attached hydrogen (secondary N) is 2. The first kappa shape index (κ1) is 23.1. The number of benzene rings is 2. The second-order valence-electron chi connectivity index (χ2n) is 10.3. The van der Waals surface area contributed by atoms with Crippen LogP contribution < -0.4 is 15.4 Å². The van der Waals surface area contributed by atoms with E-state index in [1.54, 1.807) is 6.20 Å². The number of anilines is 1. The predicted molar refractivity (Wildman–Crippen MR) is 139 cm³/mol. The third-order valence-electron chi connectivity index (χ3n) is 6.66. The standard InChI is InChI=1S/C29H32N4O2/c1-29(2,3)22-5-4-6-23(17-22)33-28(34)20-8-7-19-9-10-24(16-21(19)15-20)35-25-11-12-30-26(18-25)27-31-13-14-32-27/h4-6,9-12,16-18,20H,7-8,13-15H2,1-3H3,(H,31,32)(H,33,34)/t20-/m0/s1. The van der Waals surface area contributed by atoms with Crippen LogP contribution >= 0.6 is 0 Å². The summed E-state index contributed by atoms with van der Waals surface area (Å²) in [4.78, 5) is 21.9. The van der Waals surface area contributed by atoms with Crippen LogP contribution in [-0.4, -0.2) is 29.8 Å². The molecule has 6 heteroatoms. The number of amides is 1. The molecule has 0 bridgehead atoms. The molecular formula is C29H32N4O2. The lowest BCUT2D eigenvalue weighted by atomic mass is 9.83. The molecule has 1 aliphatic heterocycles. The lowest BCUT2D eigenvalue weighted by molar-refractivity contribution is -0.120. The minimum Gasteiger partial charge on any atom is -0.457 e. The molecule has 2 heterocycles. The molecule has 5 rings (SSSR count). The molecule has 0 saturated carbocycles. The number of carbonyl (C=O) groups excluding carboxylic acids is 1. The molecule has 1 aromatic heterocycles. The number of rotatable bonds is 5. The Morgan fingerprint density at radius 1 is 1.06 bits per heavy atom. The van der Waals surface area contributed by atoms with Crippen LogP contribution in [0.3, 0.4) is 0 Å². The molecule has 2 N–H and O–H groups in total. The summed E-state index contributed by atoms with van der Waals surface area (Å²) < 4.78 is 6.16. The Bertz CT molecular complexity index is 1280. The molecule has 0 unspecified atom stereocenters. The summed E-state index contributed by atoms with van der Waals surface area (Å²) in [5, 5.41) is 6.39. The fourth-order valence-electron chi connectivity index (χ4n) is 4.64. The maximum absolute atomic E-state index is 13.1. The molecule has 180 valence electrons. The van der Waals surface area contributed by atoms with E-state index in [1.807, 2.05) is 30.3 Å². The molecule has 1 aliphatic carbocycles. The molecule has 6 nitrogen and oxygen atoms in total. The smallest absolute Gasteiger partial charge is 0.227 e. The molecule has 0 fully saturated rings. The lowest BCUT2D eigenvalue weighted by Crippen LogP contribution is -2.28. The van der Waals surface area contributed by atoms with Gasteiger partial charge in [-0.1, -0.05) is 39.0 Å². The number of ether oxygens (including phenoxy) is 1. The molecule has 1 atom stereocenters. The number of carbonyl (C=O) groups is 1. The van der Waals surface area contributed by atoms with E-state index in [2.05, 4.69) is 65.6 Å². The van der Waals surface area contributed by atoms with Crippen molar-refractivity contribution in [2.45, 2.75) is 45.4 Å². The van der Waals surface area contributed by atoms with E-state index in [1.165, 1.54) is 16.7 Å². The van der Waals surface area contributed by atoms with Crippen LogP contribution in [0, 0.1) is 5.92 Å². The number of pyridine rings is 1. The maximum Gasteiger partial charge on any atom is 0.227 e. The van der Waals surface area contributed by atoms with Crippen molar-refractivity contribution in [3.8, 4) is 11.5 Å². The Hall–Kier alpha value is -3.67. The van der Waals surface area contributed by atoms with Gasteiger partial charge in [0.05, 0.1) is 6.54 Å². The lowest BCUT2D eigenvalue weighted by Gasteiger charge is -2.25. The van der Waals surface area contributed by atoms with E-state index in [4.69, 9.17) is 4.74 Å². The van der Waals surface area contributed by atoms with Gasteiger partial charge in [0, 0.05) is 30.4 Å². The second kappa shape index (κ2) is 9.53. The summed E-state index contributed by atoms with van der Waals surface area (Å²) in [6.45, 7) is 8.14. The van der Waals surface area contributed by atoms with Gasteiger partial charge in [-0.3, -0.25) is 14.8 Å². The van der Waals surface area contributed by atoms with Crippen molar-refractivity contribution >= 4 is 17.4 Å². The van der Waals surface area contributed by atoms with Crippen LogP contribution in [0.1, 0.15) is 49.6 Å². The number of nitrogens with zero attached hydrogens (tertiary/aromatic N) is 2. The molecule has 0 saturated heterocycles. The second-order valence-corrected chi connectivity index (χ2v) is 10.3. The minimum absolute atomic E-state index is 0.0393. The molecule has 3 aromatic rings. The number of hydrogen-bond donors (Lipinski definition) is 2. The average molecular weight is 469 g/mol. The number of hydrogen-bond acceptors (Lipinski definition) is 5. The Morgan fingerprint density at radius 3 is 2.71 bits per heavy atom. The zero-order chi connectivity index (χ0) is 24.4. The largest absolute Gasteiger partial charge is 0.457 e. The molecule has 2 aromatic carbocycles. The normalized spacial score (nSPS) is 17.2. The SMILES string of the molecule is CC(C)(C)c1cccc(NC(=O)[C@H]2CCc3ccc(Oc4ccnc(C5=NCCN5)c4)cc3C2)c1. The van der Waals surface area contributed by atoms with Crippen LogP contribution in [0.25, 0.3) is 0 Å². The van der Waals surface area contributed by atoms with E-state index in [0.717, 1.165) is 54.6 Å². The van der Waals surface area contributed by atoms with Gasteiger partial charge in [0.15, 0.2) is 0 Å². The monoisotopic (exact) mass is 468 g/mol. The summed E-state index contributed by atoms with van der Waals surface area (Å²) >= 11 is 0.